The number of hydrogen-bond acceptors (Lipinski definition) is 6. The third-order valence-electron chi connectivity index (χ3n) is 7.69. The van der Waals surface area contributed by atoms with E-state index in [1.165, 1.54) is 24.3 Å². The number of hydrogen-bond donors (Lipinski definition) is 1. The van der Waals surface area contributed by atoms with Gasteiger partial charge in [-0.05, 0) is 48.5 Å². The van der Waals surface area contributed by atoms with Crippen LogP contribution in [0.2, 0.25) is 5.02 Å². The van der Waals surface area contributed by atoms with Crippen molar-refractivity contribution in [2.45, 2.75) is 31.3 Å². The molecule has 2 aromatic carbocycles. The summed E-state index contributed by atoms with van der Waals surface area (Å²) in [5.41, 5.74) is 1.87. The molecular formula is C28H28ClFN3O5+. The number of aromatic nitrogens is 1. The quantitative estimate of drug-likeness (QED) is 0.252. The van der Waals surface area contributed by atoms with Gasteiger partial charge in [-0.2, -0.15) is 0 Å². The molecule has 198 valence electrons. The van der Waals surface area contributed by atoms with E-state index in [1.807, 2.05) is 19.2 Å². The van der Waals surface area contributed by atoms with Crippen LogP contribution in [0.1, 0.15) is 41.2 Å². The van der Waals surface area contributed by atoms with Gasteiger partial charge in [-0.3, -0.25) is 4.98 Å². The summed E-state index contributed by atoms with van der Waals surface area (Å²) in [6.07, 6.45) is 4.00. The van der Waals surface area contributed by atoms with Gasteiger partial charge in [0.05, 0.1) is 30.3 Å². The smallest absolute Gasteiger partial charge is 0.493 e. The van der Waals surface area contributed by atoms with E-state index in [0.717, 1.165) is 18.8 Å². The molecule has 2 unspecified atom stereocenters. The molecule has 1 amide bonds. The van der Waals surface area contributed by atoms with Crippen molar-refractivity contribution in [1.82, 2.24) is 4.98 Å². The van der Waals surface area contributed by atoms with Crippen LogP contribution in [-0.4, -0.2) is 59.4 Å². The van der Waals surface area contributed by atoms with Gasteiger partial charge >= 0.3 is 12.1 Å². The Balaban J connectivity index is 1.56. The second kappa shape index (κ2) is 10.6. The molecule has 8 nitrogen and oxygen atoms in total. The summed E-state index contributed by atoms with van der Waals surface area (Å²) >= 11 is 6.44. The maximum atomic E-state index is 14.4. The van der Waals surface area contributed by atoms with Gasteiger partial charge in [-0.25, -0.2) is 18.5 Å². The van der Waals surface area contributed by atoms with Crippen molar-refractivity contribution in [3.8, 4) is 11.5 Å². The van der Waals surface area contributed by atoms with Crippen LogP contribution in [-0.2, 0) is 0 Å². The van der Waals surface area contributed by atoms with Crippen molar-refractivity contribution in [2.75, 3.05) is 31.6 Å². The van der Waals surface area contributed by atoms with Crippen LogP contribution in [0, 0.1) is 5.82 Å². The molecule has 2 aliphatic rings. The van der Waals surface area contributed by atoms with E-state index in [0.29, 0.717) is 37.2 Å². The Morgan fingerprint density at radius 2 is 1.84 bits per heavy atom. The van der Waals surface area contributed by atoms with Crippen LogP contribution < -0.4 is 14.4 Å². The molecule has 38 heavy (non-hydrogen) atoms. The lowest BCUT2D eigenvalue weighted by Crippen LogP contribution is -2.61. The Morgan fingerprint density at radius 1 is 1.11 bits per heavy atom. The monoisotopic (exact) mass is 540 g/mol. The van der Waals surface area contributed by atoms with Crippen molar-refractivity contribution in [3.63, 3.8) is 0 Å². The number of carbonyl (C=O) groups is 2. The number of fused-ring (bicyclic) bond motifs is 1. The molecule has 1 saturated heterocycles. The SMILES string of the molecule is C[N+](C(=O)c1cc(F)ccc1Cl)(C1CCN(c2ccncc2)CC1)C1CCOc2ccc(OC(=O)O)cc21. The fraction of sp³-hybridized carbons (Fsp3) is 0.321. The Labute approximate surface area is 224 Å². The normalized spacial score (nSPS) is 19.1. The summed E-state index contributed by atoms with van der Waals surface area (Å²) in [4.78, 5) is 32.0. The number of carbonyl (C=O) groups excluding carboxylic acids is 1. The maximum Gasteiger partial charge on any atom is 0.511 e. The fourth-order valence-corrected chi connectivity index (χ4v) is 5.97. The maximum absolute atomic E-state index is 14.4. The highest BCUT2D eigenvalue weighted by Crippen LogP contribution is 2.46. The number of carboxylic acid groups (broad SMARTS) is 1. The first kappa shape index (κ1) is 25.9. The average molecular weight is 541 g/mol. The van der Waals surface area contributed by atoms with Gasteiger partial charge < -0.3 is 19.5 Å². The molecule has 0 aliphatic carbocycles. The second-order valence-corrected chi connectivity index (χ2v) is 10.1. The van der Waals surface area contributed by atoms with Gasteiger partial charge in [-0.15, -0.1) is 0 Å². The zero-order valence-electron chi connectivity index (χ0n) is 20.8. The number of quaternary nitrogens is 1. The summed E-state index contributed by atoms with van der Waals surface area (Å²) < 4.78 is 25.0. The first-order valence-corrected chi connectivity index (χ1v) is 12.8. The molecule has 1 fully saturated rings. The minimum absolute atomic E-state index is 0.0553. The van der Waals surface area contributed by atoms with E-state index >= 15 is 0 Å². The standard InChI is InChI=1S/C28H27ClFN3O5/c1-33(27(34)22-16-18(30)2-4-24(22)29,20-8-13-32(14-9-20)19-6-11-31-12-7-19)25-10-15-37-26-5-3-21(17-23(25)26)38-28(35)36/h2-7,11-12,16-17,20,25H,8-10,13-15H2,1H3/p+1. The van der Waals surface area contributed by atoms with E-state index in [2.05, 4.69) is 9.88 Å². The summed E-state index contributed by atoms with van der Waals surface area (Å²) in [6, 6.07) is 12.1. The Morgan fingerprint density at radius 3 is 2.55 bits per heavy atom. The summed E-state index contributed by atoms with van der Waals surface area (Å²) in [5, 5.41) is 9.33. The average Bonchev–Trinajstić information content (AvgIpc) is 2.93. The molecular weight excluding hydrogens is 513 g/mol. The first-order valence-electron chi connectivity index (χ1n) is 12.5. The highest BCUT2D eigenvalue weighted by molar-refractivity contribution is 6.33. The summed E-state index contributed by atoms with van der Waals surface area (Å²) in [6.45, 7) is 1.83. The molecule has 0 spiro atoms. The number of halogens is 2. The predicted molar refractivity (Wildman–Crippen MR) is 139 cm³/mol. The minimum Gasteiger partial charge on any atom is -0.493 e. The third-order valence-corrected chi connectivity index (χ3v) is 8.02. The van der Waals surface area contributed by atoms with E-state index in [1.54, 1.807) is 24.5 Å². The van der Waals surface area contributed by atoms with Gasteiger partial charge in [-0.1, -0.05) is 11.6 Å². The van der Waals surface area contributed by atoms with Crippen molar-refractivity contribution < 1.29 is 33.0 Å². The second-order valence-electron chi connectivity index (χ2n) is 9.72. The van der Waals surface area contributed by atoms with Gasteiger partial charge in [0.1, 0.15) is 28.9 Å². The zero-order valence-corrected chi connectivity index (χ0v) is 21.6. The van der Waals surface area contributed by atoms with Crippen LogP contribution in [0.5, 0.6) is 11.5 Å². The van der Waals surface area contributed by atoms with E-state index in [9.17, 15) is 14.0 Å². The van der Waals surface area contributed by atoms with Gasteiger partial charge in [0.15, 0.2) is 0 Å². The first-order chi connectivity index (χ1) is 18.3. The van der Waals surface area contributed by atoms with Crippen LogP contribution in [0.4, 0.5) is 14.9 Å². The minimum atomic E-state index is -1.43. The largest absolute Gasteiger partial charge is 0.511 e. The molecule has 1 N–H and O–H groups in total. The summed E-state index contributed by atoms with van der Waals surface area (Å²) in [7, 11) is 1.88. The Kier molecular flexibility index (Phi) is 7.23. The lowest BCUT2D eigenvalue weighted by molar-refractivity contribution is -0.888. The molecule has 0 bridgehead atoms. The number of benzene rings is 2. The molecule has 0 saturated carbocycles. The Bertz CT molecular complexity index is 1350. The zero-order chi connectivity index (χ0) is 26.9. The number of pyridine rings is 1. The van der Waals surface area contributed by atoms with E-state index < -0.39 is 12.0 Å². The number of piperidine rings is 1. The van der Waals surface area contributed by atoms with Crippen molar-refractivity contribution in [2.24, 2.45) is 0 Å². The number of amides is 1. The highest BCUT2D eigenvalue weighted by atomic mass is 35.5. The highest BCUT2D eigenvalue weighted by Gasteiger charge is 2.51. The molecule has 1 aromatic heterocycles. The molecule has 10 heteroatoms. The van der Waals surface area contributed by atoms with Crippen molar-refractivity contribution in [3.05, 3.63) is 82.9 Å². The molecule has 3 aromatic rings. The van der Waals surface area contributed by atoms with Crippen LogP contribution >= 0.6 is 11.6 Å². The number of rotatable bonds is 5. The van der Waals surface area contributed by atoms with E-state index in [4.69, 9.17) is 26.2 Å². The summed E-state index contributed by atoms with van der Waals surface area (Å²) in [5.74, 6) is -0.127. The molecule has 2 atom stereocenters. The van der Waals surface area contributed by atoms with Crippen LogP contribution in [0.3, 0.4) is 0 Å². The molecule has 0 radical (unpaired) electrons. The number of nitrogens with zero attached hydrogens (tertiary/aromatic N) is 3. The fourth-order valence-electron chi connectivity index (χ4n) is 5.77. The topological polar surface area (TPSA) is 89.0 Å². The lowest BCUT2D eigenvalue weighted by atomic mass is 9.89. The Hall–Kier alpha value is -3.69. The van der Waals surface area contributed by atoms with E-state index in [-0.39, 0.29) is 38.8 Å². The number of ether oxygens (including phenoxy) is 2. The number of anilines is 1. The molecule has 5 rings (SSSR count). The van der Waals surface area contributed by atoms with Crippen molar-refractivity contribution >= 4 is 29.4 Å². The van der Waals surface area contributed by atoms with Crippen LogP contribution in [0.15, 0.2) is 60.9 Å². The molecule has 2 aliphatic heterocycles. The van der Waals surface area contributed by atoms with Gasteiger partial charge in [0.2, 0.25) is 0 Å². The van der Waals surface area contributed by atoms with Gasteiger partial charge in [0.25, 0.3) is 0 Å². The lowest BCUT2D eigenvalue weighted by Gasteiger charge is -2.49. The van der Waals surface area contributed by atoms with Gasteiger partial charge in [0, 0.05) is 50.4 Å². The molecule has 3 heterocycles. The van der Waals surface area contributed by atoms with Crippen molar-refractivity contribution in [1.29, 1.82) is 0 Å². The third kappa shape index (κ3) is 4.91. The van der Waals surface area contributed by atoms with Crippen LogP contribution in [0.25, 0.3) is 0 Å². The predicted octanol–water partition coefficient (Wildman–Crippen LogP) is 5.71.